The van der Waals surface area contributed by atoms with Gasteiger partial charge in [0.15, 0.2) is 16.1 Å². The summed E-state index contributed by atoms with van der Waals surface area (Å²) in [7, 11) is -7.35. The summed E-state index contributed by atoms with van der Waals surface area (Å²) in [5, 5.41) is 14.5. The highest BCUT2D eigenvalue weighted by molar-refractivity contribution is 7.22. The van der Waals surface area contributed by atoms with Crippen LogP contribution in [-0.2, 0) is 0 Å². The summed E-state index contributed by atoms with van der Waals surface area (Å²) in [6.07, 6.45) is 0. The maximum absolute atomic E-state index is 6.16. The third kappa shape index (κ3) is 11.1. The van der Waals surface area contributed by atoms with Crippen molar-refractivity contribution in [3.05, 3.63) is 425 Å². The lowest BCUT2D eigenvalue weighted by Crippen LogP contribution is -2.78. The molecule has 6 heteroatoms. The van der Waals surface area contributed by atoms with Crippen LogP contribution < -0.4 is 41.5 Å². The van der Waals surface area contributed by atoms with Crippen LogP contribution in [0.25, 0.3) is 122 Å². The number of para-hydroxylation sites is 3. The van der Waals surface area contributed by atoms with E-state index in [0.29, 0.717) is 5.95 Å². The smallest absolute Gasteiger partial charge is 0.237 e. The van der Waals surface area contributed by atoms with Crippen molar-refractivity contribution in [3.8, 4) is 78.7 Å². The van der Waals surface area contributed by atoms with Gasteiger partial charge in [0.1, 0.15) is 5.82 Å². The van der Waals surface area contributed by atoms with E-state index in [1.807, 2.05) is 0 Å². The van der Waals surface area contributed by atoms with Gasteiger partial charge >= 0.3 is 0 Å². The summed E-state index contributed by atoms with van der Waals surface area (Å²) in [6, 6.07) is 159. The quantitative estimate of drug-likeness (QED) is 0.0714. The maximum Gasteiger partial charge on any atom is 0.237 e. The van der Waals surface area contributed by atoms with Gasteiger partial charge in [-0.3, -0.25) is 9.13 Å². The molecule has 0 bridgehead atoms. The highest BCUT2D eigenvalue weighted by Gasteiger charge is 2.47. The molecule has 0 spiro atoms. The maximum atomic E-state index is 6.16. The standard InChI is InChI=1S/C100H70N4Si2/c1-8-32-71(33-9-1)76-42-28-50-84(62-76)105(82-46-18-6-19-47-82,85-51-29-43-77(63-85)72-34-10-2-11-35-72)88-66-81(67-89(69-88)106(83-48-20-7-21-49-83,86-52-30-44-78(64-86)73-36-12-3-13-37-73)87-53-31-45-79(65-87)74-38-14-4-15-39-74)94-70-99(103-95-57-25-22-54-90(95)91-55-23-26-58-96(91)103)102-100(101-94)104-97-59-27-24-56-92(97)93-68-80(60-61-98(93)104)75-40-16-5-17-41-75/h1-70H. The second-order valence-electron chi connectivity index (χ2n) is 27.6. The van der Waals surface area contributed by atoms with Gasteiger partial charge in [0.25, 0.3) is 0 Å². The average Bonchev–Trinajstić information content (AvgIpc) is 0.890. The minimum absolute atomic E-state index is 0.565. The van der Waals surface area contributed by atoms with E-state index in [-0.39, 0.29) is 0 Å². The Morgan fingerprint density at radius 1 is 0.170 bits per heavy atom. The molecule has 498 valence electrons. The van der Waals surface area contributed by atoms with Crippen LogP contribution in [0.2, 0.25) is 0 Å². The van der Waals surface area contributed by atoms with Crippen LogP contribution >= 0.6 is 0 Å². The van der Waals surface area contributed by atoms with E-state index in [1.165, 1.54) is 41.5 Å². The van der Waals surface area contributed by atoms with E-state index in [9.17, 15) is 0 Å². The number of hydrogen-bond acceptors (Lipinski definition) is 2. The van der Waals surface area contributed by atoms with Gasteiger partial charge in [-0.15, -0.1) is 0 Å². The molecule has 0 N–H and O–H groups in total. The molecule has 0 fully saturated rings. The largest absolute Gasteiger partial charge is 0.294 e. The van der Waals surface area contributed by atoms with Gasteiger partial charge in [0.2, 0.25) is 5.95 Å². The highest BCUT2D eigenvalue weighted by atomic mass is 28.3. The van der Waals surface area contributed by atoms with E-state index >= 15 is 0 Å². The molecule has 3 heterocycles. The molecule has 0 aliphatic heterocycles. The highest BCUT2D eigenvalue weighted by Crippen LogP contribution is 2.38. The Kier molecular flexibility index (Phi) is 16.3. The molecule has 3 aromatic heterocycles. The van der Waals surface area contributed by atoms with Crippen molar-refractivity contribution < 1.29 is 0 Å². The van der Waals surface area contributed by atoms with Crippen LogP contribution in [0.3, 0.4) is 0 Å². The lowest BCUT2D eigenvalue weighted by atomic mass is 10.0. The molecule has 4 nitrogen and oxygen atoms in total. The van der Waals surface area contributed by atoms with Crippen LogP contribution in [-0.4, -0.2) is 35.2 Å². The normalized spacial score (nSPS) is 11.8. The van der Waals surface area contributed by atoms with E-state index in [2.05, 4.69) is 434 Å². The van der Waals surface area contributed by atoms with Crippen LogP contribution in [0, 0.1) is 0 Å². The molecule has 0 amide bonds. The van der Waals surface area contributed by atoms with Crippen molar-refractivity contribution in [2.75, 3.05) is 0 Å². The summed E-state index contributed by atoms with van der Waals surface area (Å²) in [6.45, 7) is 0. The number of hydrogen-bond donors (Lipinski definition) is 0. The van der Waals surface area contributed by atoms with E-state index < -0.39 is 16.1 Å². The fraction of sp³-hybridized carbons (Fsp3) is 0. The van der Waals surface area contributed by atoms with E-state index in [4.69, 9.17) is 9.97 Å². The molecular formula is C100H70N4Si2. The van der Waals surface area contributed by atoms with E-state index in [1.54, 1.807) is 0 Å². The van der Waals surface area contributed by atoms with Gasteiger partial charge in [-0.25, -0.2) is 4.98 Å². The Morgan fingerprint density at radius 3 is 0.830 bits per heavy atom. The Morgan fingerprint density at radius 2 is 0.453 bits per heavy atom. The predicted octanol–water partition coefficient (Wildman–Crippen LogP) is 19.4. The first kappa shape index (κ1) is 63.5. The van der Waals surface area contributed by atoms with Crippen molar-refractivity contribution in [2.45, 2.75) is 0 Å². The fourth-order valence-electron chi connectivity index (χ4n) is 16.8. The van der Waals surface area contributed by atoms with Crippen LogP contribution in [0.5, 0.6) is 0 Å². The predicted molar refractivity (Wildman–Crippen MR) is 451 cm³/mol. The molecule has 0 saturated heterocycles. The van der Waals surface area contributed by atoms with E-state index in [0.717, 1.165) is 116 Å². The third-order valence-corrected chi connectivity index (χ3v) is 31.0. The van der Waals surface area contributed by atoms with Crippen molar-refractivity contribution >= 4 is 101 Å². The second kappa shape index (κ2) is 27.1. The topological polar surface area (TPSA) is 35.6 Å². The lowest BCUT2D eigenvalue weighted by molar-refractivity contribution is 0.952. The van der Waals surface area contributed by atoms with Gasteiger partial charge in [-0.2, -0.15) is 4.98 Å². The second-order valence-corrected chi connectivity index (χ2v) is 35.2. The SMILES string of the molecule is c1ccc(-c2cccc([Si](c3ccccc3)(c3cccc(-c4ccccc4)c3)c3cc(-c4cc(-n5c6ccccc6c6ccccc65)nc(-n5c6ccccc6c6cc(-c7ccccc7)ccc65)n4)cc([Si](c4ccccc4)(c4cccc(-c5ccccc5)c4)c4cccc(-c5ccccc5)c4)c3)c2)cc1. The Bertz CT molecular complexity index is 5990. The van der Waals surface area contributed by atoms with Crippen molar-refractivity contribution in [2.24, 2.45) is 0 Å². The summed E-state index contributed by atoms with van der Waals surface area (Å²) in [5.41, 5.74) is 17.5. The minimum atomic E-state index is -3.68. The summed E-state index contributed by atoms with van der Waals surface area (Å²) < 4.78 is 4.68. The average molecular weight is 1380 g/mol. The van der Waals surface area contributed by atoms with Crippen molar-refractivity contribution in [1.82, 2.24) is 19.1 Å². The number of fused-ring (bicyclic) bond motifs is 6. The van der Waals surface area contributed by atoms with Crippen LogP contribution in [0.15, 0.2) is 425 Å². The summed E-state index contributed by atoms with van der Waals surface area (Å²) in [4.78, 5) is 12.1. The third-order valence-electron chi connectivity index (χ3n) is 21.6. The fourth-order valence-corrected chi connectivity index (χ4v) is 26.7. The molecule has 0 saturated carbocycles. The Balaban J connectivity index is 1.00. The number of rotatable bonds is 16. The molecule has 0 aliphatic carbocycles. The van der Waals surface area contributed by atoms with Crippen molar-refractivity contribution in [3.63, 3.8) is 0 Å². The lowest BCUT2D eigenvalue weighted by Gasteiger charge is -2.39. The Hall–Kier alpha value is -13.4. The minimum Gasteiger partial charge on any atom is -0.294 e. The van der Waals surface area contributed by atoms with Crippen LogP contribution in [0.1, 0.15) is 0 Å². The molecule has 19 rings (SSSR count). The first-order valence-electron chi connectivity index (χ1n) is 36.4. The molecule has 0 unspecified atom stereocenters. The monoisotopic (exact) mass is 1380 g/mol. The zero-order chi connectivity index (χ0) is 70.4. The summed E-state index contributed by atoms with van der Waals surface area (Å²) in [5.74, 6) is 1.32. The first-order chi connectivity index (χ1) is 52.5. The number of nitrogens with zero attached hydrogens (tertiary/aromatic N) is 4. The van der Waals surface area contributed by atoms with Crippen molar-refractivity contribution in [1.29, 1.82) is 0 Å². The zero-order valence-corrected chi connectivity index (χ0v) is 60.2. The molecule has 19 aromatic rings. The molecule has 0 atom stereocenters. The van der Waals surface area contributed by atoms with Gasteiger partial charge in [0.05, 0.1) is 27.8 Å². The number of benzene rings is 16. The Labute approximate surface area is 619 Å². The first-order valence-corrected chi connectivity index (χ1v) is 40.4. The van der Waals surface area contributed by atoms with Gasteiger partial charge in [0, 0.05) is 33.2 Å². The molecule has 106 heavy (non-hydrogen) atoms. The van der Waals surface area contributed by atoms with Gasteiger partial charge in [-0.1, -0.05) is 388 Å². The molecular weight excluding hydrogens is 1310 g/mol. The zero-order valence-electron chi connectivity index (χ0n) is 58.2. The van der Waals surface area contributed by atoms with Crippen LogP contribution in [0.4, 0.5) is 0 Å². The summed E-state index contributed by atoms with van der Waals surface area (Å²) >= 11 is 0. The molecule has 0 aliphatic rings. The molecule has 16 aromatic carbocycles. The molecule has 0 radical (unpaired) electrons. The van der Waals surface area contributed by atoms with Gasteiger partial charge < -0.3 is 0 Å². The number of aromatic nitrogens is 4. The van der Waals surface area contributed by atoms with Gasteiger partial charge in [-0.05, 0) is 127 Å².